The molecule has 2 saturated heterocycles. The quantitative estimate of drug-likeness (QED) is 0.929. The summed E-state index contributed by atoms with van der Waals surface area (Å²) >= 11 is 0. The summed E-state index contributed by atoms with van der Waals surface area (Å²) in [4.78, 5) is 15.0. The molecule has 0 saturated carbocycles. The van der Waals surface area contributed by atoms with E-state index in [4.69, 9.17) is 0 Å². The van der Waals surface area contributed by atoms with Crippen LogP contribution in [0.1, 0.15) is 47.9 Å². The molecule has 0 unspecified atom stereocenters. The Balaban J connectivity index is 1.76. The maximum atomic E-state index is 13.0. The van der Waals surface area contributed by atoms with E-state index >= 15 is 0 Å². The van der Waals surface area contributed by atoms with E-state index in [1.165, 1.54) is 0 Å². The van der Waals surface area contributed by atoms with Crippen molar-refractivity contribution in [2.45, 2.75) is 46.6 Å². The first kappa shape index (κ1) is 15.5. The first-order chi connectivity index (χ1) is 10.6. The Bertz CT molecular complexity index is 537. The highest BCUT2D eigenvalue weighted by atomic mass is 16.2. The number of nitrogens with one attached hydrogen (secondary N) is 1. The van der Waals surface area contributed by atoms with Crippen molar-refractivity contribution in [2.75, 3.05) is 26.2 Å². The van der Waals surface area contributed by atoms with E-state index in [2.05, 4.69) is 22.2 Å². The van der Waals surface area contributed by atoms with Crippen LogP contribution < -0.4 is 5.32 Å². The van der Waals surface area contributed by atoms with Gasteiger partial charge in [0.2, 0.25) is 0 Å². The van der Waals surface area contributed by atoms with Crippen LogP contribution >= 0.6 is 0 Å². The molecule has 0 spiro atoms. The highest BCUT2D eigenvalue weighted by Gasteiger charge is 2.32. The van der Waals surface area contributed by atoms with Crippen molar-refractivity contribution in [2.24, 2.45) is 11.8 Å². The van der Waals surface area contributed by atoms with E-state index in [0.29, 0.717) is 0 Å². The zero-order chi connectivity index (χ0) is 15.7. The predicted molar refractivity (Wildman–Crippen MR) is 87.0 cm³/mol. The lowest BCUT2D eigenvalue weighted by atomic mass is 9.92. The number of likely N-dealkylation sites (tertiary alicyclic amines) is 1. The van der Waals surface area contributed by atoms with Gasteiger partial charge in [0.1, 0.15) is 0 Å². The topological polar surface area (TPSA) is 50.2 Å². The number of nitrogens with zero attached hydrogens (tertiary/aromatic N) is 3. The lowest BCUT2D eigenvalue weighted by molar-refractivity contribution is 0.0757. The highest BCUT2D eigenvalue weighted by Crippen LogP contribution is 2.28. The van der Waals surface area contributed by atoms with Crippen molar-refractivity contribution in [3.05, 3.63) is 17.0 Å². The molecule has 0 bridgehead atoms. The van der Waals surface area contributed by atoms with E-state index < -0.39 is 0 Å². The molecule has 2 fully saturated rings. The summed E-state index contributed by atoms with van der Waals surface area (Å²) in [5, 5.41) is 8.04. The monoisotopic (exact) mass is 304 g/mol. The van der Waals surface area contributed by atoms with E-state index in [1.807, 2.05) is 18.5 Å². The van der Waals surface area contributed by atoms with Crippen LogP contribution in [-0.2, 0) is 6.54 Å². The summed E-state index contributed by atoms with van der Waals surface area (Å²) in [6.07, 6.45) is 3.30. The summed E-state index contributed by atoms with van der Waals surface area (Å²) < 4.78 is 1.99. The van der Waals surface area contributed by atoms with E-state index in [1.54, 1.807) is 0 Å². The highest BCUT2D eigenvalue weighted by molar-refractivity contribution is 5.96. The molecule has 5 nitrogen and oxygen atoms in total. The van der Waals surface area contributed by atoms with E-state index in [9.17, 15) is 4.79 Å². The smallest absolute Gasteiger partial charge is 0.257 e. The number of carbonyl (C=O) groups is 1. The fourth-order valence-electron chi connectivity index (χ4n) is 4.02. The van der Waals surface area contributed by atoms with Crippen LogP contribution in [-0.4, -0.2) is 46.8 Å². The Hall–Kier alpha value is -1.36. The summed E-state index contributed by atoms with van der Waals surface area (Å²) in [5.74, 6) is 1.69. The van der Waals surface area contributed by atoms with Crippen LogP contribution in [0.5, 0.6) is 0 Å². The van der Waals surface area contributed by atoms with Gasteiger partial charge in [0.25, 0.3) is 5.91 Å². The van der Waals surface area contributed by atoms with Crippen LogP contribution in [0.3, 0.4) is 0 Å². The Morgan fingerprint density at radius 3 is 2.45 bits per heavy atom. The molecule has 1 aromatic rings. The van der Waals surface area contributed by atoms with Crippen molar-refractivity contribution in [1.82, 2.24) is 20.0 Å². The van der Waals surface area contributed by atoms with Gasteiger partial charge >= 0.3 is 0 Å². The lowest BCUT2D eigenvalue weighted by Gasteiger charge is -2.21. The molecule has 22 heavy (non-hydrogen) atoms. The molecular weight excluding hydrogens is 276 g/mol. The molecule has 3 heterocycles. The summed E-state index contributed by atoms with van der Waals surface area (Å²) in [6, 6.07) is 0. The standard InChI is InChI=1S/C17H28N4O/c1-4-7-21-13(3)16(12(2)19-21)17(22)20-8-5-14-10-18-11-15(14)6-9-20/h14-15,18H,4-11H2,1-3H3/t14-,15+. The normalized spacial score (nSPS) is 25.1. The third-order valence-corrected chi connectivity index (χ3v) is 5.34. The average Bonchev–Trinajstić information content (AvgIpc) is 2.98. The zero-order valence-corrected chi connectivity index (χ0v) is 14.1. The Labute approximate surface area is 133 Å². The minimum Gasteiger partial charge on any atom is -0.339 e. The van der Waals surface area contributed by atoms with E-state index in [-0.39, 0.29) is 5.91 Å². The maximum absolute atomic E-state index is 13.0. The first-order valence-electron chi connectivity index (χ1n) is 8.65. The van der Waals surface area contributed by atoms with Gasteiger partial charge in [-0.2, -0.15) is 5.10 Å². The summed E-state index contributed by atoms with van der Waals surface area (Å²) in [7, 11) is 0. The van der Waals surface area contributed by atoms with Crippen LogP contribution in [0.2, 0.25) is 0 Å². The number of hydrogen-bond donors (Lipinski definition) is 1. The van der Waals surface area contributed by atoms with Crippen molar-refractivity contribution < 1.29 is 4.79 Å². The fourth-order valence-corrected chi connectivity index (χ4v) is 4.02. The molecule has 0 radical (unpaired) electrons. The number of hydrogen-bond acceptors (Lipinski definition) is 3. The van der Waals surface area contributed by atoms with Gasteiger partial charge in [-0.05, 0) is 58.0 Å². The molecule has 3 rings (SSSR count). The summed E-state index contributed by atoms with van der Waals surface area (Å²) in [6.45, 7) is 11.0. The van der Waals surface area contributed by atoms with Crippen molar-refractivity contribution in [3.63, 3.8) is 0 Å². The molecule has 2 aliphatic rings. The van der Waals surface area contributed by atoms with Gasteiger partial charge in [-0.1, -0.05) is 6.92 Å². The second kappa shape index (κ2) is 6.41. The Kier molecular flexibility index (Phi) is 4.52. The van der Waals surface area contributed by atoms with Gasteiger partial charge in [-0.3, -0.25) is 9.48 Å². The van der Waals surface area contributed by atoms with Crippen molar-refractivity contribution in [1.29, 1.82) is 0 Å². The number of amides is 1. The maximum Gasteiger partial charge on any atom is 0.257 e. The van der Waals surface area contributed by atoms with E-state index in [0.717, 1.165) is 80.8 Å². The number of fused-ring (bicyclic) bond motifs is 1. The SMILES string of the molecule is CCCn1nc(C)c(C(=O)N2CC[C@@H]3CNC[C@@H]3CC2)c1C. The number of aromatic nitrogens is 2. The summed E-state index contributed by atoms with van der Waals surface area (Å²) in [5.41, 5.74) is 2.73. The Morgan fingerprint density at radius 2 is 1.86 bits per heavy atom. The molecule has 122 valence electrons. The molecule has 2 aliphatic heterocycles. The van der Waals surface area contributed by atoms with Crippen molar-refractivity contribution >= 4 is 5.91 Å². The van der Waals surface area contributed by atoms with Gasteiger partial charge in [-0.15, -0.1) is 0 Å². The largest absolute Gasteiger partial charge is 0.339 e. The molecule has 5 heteroatoms. The molecule has 1 aromatic heterocycles. The first-order valence-corrected chi connectivity index (χ1v) is 8.65. The lowest BCUT2D eigenvalue weighted by Crippen LogP contribution is -2.33. The third kappa shape index (κ3) is 2.78. The molecular formula is C17H28N4O. The van der Waals surface area contributed by atoms with Gasteiger partial charge in [0.15, 0.2) is 0 Å². The van der Waals surface area contributed by atoms with Gasteiger partial charge in [-0.25, -0.2) is 0 Å². The minimum absolute atomic E-state index is 0.185. The molecule has 1 N–H and O–H groups in total. The second-order valence-electron chi connectivity index (χ2n) is 6.82. The fraction of sp³-hybridized carbons (Fsp3) is 0.765. The molecule has 2 atom stereocenters. The van der Waals surface area contributed by atoms with Crippen LogP contribution in [0.4, 0.5) is 0 Å². The third-order valence-electron chi connectivity index (χ3n) is 5.34. The minimum atomic E-state index is 0.185. The number of rotatable bonds is 3. The van der Waals surface area contributed by atoms with Gasteiger partial charge in [0, 0.05) is 25.3 Å². The zero-order valence-electron chi connectivity index (χ0n) is 14.1. The van der Waals surface area contributed by atoms with Crippen LogP contribution in [0, 0.1) is 25.7 Å². The van der Waals surface area contributed by atoms with Crippen molar-refractivity contribution in [3.8, 4) is 0 Å². The van der Waals surface area contributed by atoms with Gasteiger partial charge < -0.3 is 10.2 Å². The van der Waals surface area contributed by atoms with Crippen LogP contribution in [0.25, 0.3) is 0 Å². The molecule has 1 amide bonds. The number of aryl methyl sites for hydroxylation is 2. The second-order valence-corrected chi connectivity index (χ2v) is 6.82. The number of carbonyl (C=O) groups excluding carboxylic acids is 1. The molecule has 0 aromatic carbocycles. The Morgan fingerprint density at radius 1 is 1.23 bits per heavy atom. The molecule has 0 aliphatic carbocycles. The van der Waals surface area contributed by atoms with Crippen LogP contribution in [0.15, 0.2) is 0 Å². The average molecular weight is 304 g/mol. The van der Waals surface area contributed by atoms with Gasteiger partial charge in [0.05, 0.1) is 11.3 Å². The predicted octanol–water partition coefficient (Wildman–Crippen LogP) is 1.98.